The highest BCUT2D eigenvalue weighted by atomic mass is 16.4. The van der Waals surface area contributed by atoms with Gasteiger partial charge in [-0.05, 0) is 24.1 Å². The van der Waals surface area contributed by atoms with Gasteiger partial charge in [-0.25, -0.2) is 4.98 Å². The fourth-order valence-electron chi connectivity index (χ4n) is 3.24. The van der Waals surface area contributed by atoms with Crippen molar-refractivity contribution in [3.63, 3.8) is 0 Å². The van der Waals surface area contributed by atoms with Gasteiger partial charge in [0.1, 0.15) is 0 Å². The van der Waals surface area contributed by atoms with Gasteiger partial charge >= 0.3 is 5.97 Å². The molecule has 3 rings (SSSR count). The number of carboxylic acids is 1. The highest BCUT2D eigenvalue weighted by molar-refractivity contribution is 5.97. The van der Waals surface area contributed by atoms with Crippen LogP contribution < -0.4 is 5.32 Å². The third-order valence-electron chi connectivity index (χ3n) is 4.77. The molecule has 1 aromatic heterocycles. The summed E-state index contributed by atoms with van der Waals surface area (Å²) < 4.78 is 1.81. The van der Waals surface area contributed by atoms with Crippen LogP contribution in [0.4, 0.5) is 5.69 Å². The van der Waals surface area contributed by atoms with Crippen molar-refractivity contribution in [2.45, 2.75) is 19.9 Å². The van der Waals surface area contributed by atoms with E-state index in [4.69, 9.17) is 0 Å². The first kappa shape index (κ1) is 18.6. The summed E-state index contributed by atoms with van der Waals surface area (Å²) in [5.74, 6) is -1.89. The highest BCUT2D eigenvalue weighted by Gasteiger charge is 2.37. The smallest absolute Gasteiger partial charge is 0.308 e. The van der Waals surface area contributed by atoms with E-state index in [1.807, 2.05) is 11.5 Å². The number of nitrogens with zero attached hydrogens (tertiary/aromatic N) is 3. The van der Waals surface area contributed by atoms with Crippen LogP contribution in [0, 0.1) is 11.8 Å². The molecule has 0 radical (unpaired) electrons. The summed E-state index contributed by atoms with van der Waals surface area (Å²) in [5.41, 5.74) is 0.971. The lowest BCUT2D eigenvalue weighted by Gasteiger charge is -2.16. The van der Waals surface area contributed by atoms with Gasteiger partial charge in [0.25, 0.3) is 5.91 Å². The fourth-order valence-corrected chi connectivity index (χ4v) is 3.24. The molecule has 1 aromatic carbocycles. The Morgan fingerprint density at radius 1 is 1.30 bits per heavy atom. The molecule has 1 saturated heterocycles. The lowest BCUT2D eigenvalue weighted by atomic mass is 9.99. The van der Waals surface area contributed by atoms with Gasteiger partial charge in [-0.2, -0.15) is 0 Å². The minimum Gasteiger partial charge on any atom is -0.481 e. The maximum atomic E-state index is 12.7. The number of nitrogens with one attached hydrogen (secondary N) is 1. The number of carboxylic acid groups (broad SMARTS) is 1. The number of amides is 2. The van der Waals surface area contributed by atoms with Crippen molar-refractivity contribution in [1.29, 1.82) is 0 Å². The first-order valence-electron chi connectivity index (χ1n) is 8.82. The molecule has 2 heterocycles. The molecule has 2 amide bonds. The van der Waals surface area contributed by atoms with Crippen molar-refractivity contribution < 1.29 is 19.5 Å². The predicted molar refractivity (Wildman–Crippen MR) is 98.1 cm³/mol. The number of carbonyl (C=O) groups excluding carboxylic acids is 2. The second kappa shape index (κ2) is 8.03. The zero-order valence-electron chi connectivity index (χ0n) is 15.0. The maximum absolute atomic E-state index is 12.7. The molecule has 27 heavy (non-hydrogen) atoms. The largest absolute Gasteiger partial charge is 0.481 e. The average molecular weight is 370 g/mol. The topological polar surface area (TPSA) is 105 Å². The standard InChI is InChI=1S/C19H22N4O4/c1-13-10-23(11-16(13)19(26)27)18(25)14-3-2-4-15(9-14)21-17(24)5-7-22-8-6-20-12-22/h2-4,6,8-9,12-13,16H,5,7,10-11H2,1H3,(H,21,24)(H,26,27)/t13-,16-/m1/s1. The van der Waals surface area contributed by atoms with Crippen molar-refractivity contribution in [3.8, 4) is 0 Å². The van der Waals surface area contributed by atoms with E-state index in [9.17, 15) is 19.5 Å². The lowest BCUT2D eigenvalue weighted by molar-refractivity contribution is -0.142. The Hall–Kier alpha value is -3.16. The van der Waals surface area contributed by atoms with E-state index in [0.717, 1.165) is 0 Å². The SMILES string of the molecule is C[C@@H]1CN(C(=O)c2cccc(NC(=O)CCn3ccnc3)c2)C[C@H]1C(=O)O. The lowest BCUT2D eigenvalue weighted by Crippen LogP contribution is -2.30. The molecule has 0 unspecified atom stereocenters. The Bertz CT molecular complexity index is 834. The number of hydrogen-bond acceptors (Lipinski definition) is 4. The van der Waals surface area contributed by atoms with Gasteiger partial charge < -0.3 is 19.9 Å². The number of imidazole rings is 1. The minimum atomic E-state index is -0.878. The summed E-state index contributed by atoms with van der Waals surface area (Å²) in [4.78, 5) is 41.5. The normalized spacial score (nSPS) is 19.1. The molecule has 0 spiro atoms. The summed E-state index contributed by atoms with van der Waals surface area (Å²) in [5, 5.41) is 12.0. The Morgan fingerprint density at radius 2 is 2.11 bits per heavy atom. The molecule has 2 N–H and O–H groups in total. The molecule has 0 bridgehead atoms. The highest BCUT2D eigenvalue weighted by Crippen LogP contribution is 2.25. The maximum Gasteiger partial charge on any atom is 0.308 e. The second-order valence-corrected chi connectivity index (χ2v) is 6.81. The van der Waals surface area contributed by atoms with Crippen LogP contribution >= 0.6 is 0 Å². The molecule has 8 heteroatoms. The number of likely N-dealkylation sites (tertiary alicyclic amines) is 1. The average Bonchev–Trinajstić information content (AvgIpc) is 3.29. The van der Waals surface area contributed by atoms with Crippen LogP contribution in [0.25, 0.3) is 0 Å². The molecule has 2 atom stereocenters. The molecule has 142 valence electrons. The number of benzene rings is 1. The van der Waals surface area contributed by atoms with Crippen LogP contribution in [-0.4, -0.2) is 50.4 Å². The molecule has 8 nitrogen and oxygen atoms in total. The van der Waals surface area contributed by atoms with E-state index >= 15 is 0 Å². The van der Waals surface area contributed by atoms with E-state index < -0.39 is 11.9 Å². The summed E-state index contributed by atoms with van der Waals surface area (Å²) in [6.07, 6.45) is 5.38. The van der Waals surface area contributed by atoms with Gasteiger partial charge in [-0.15, -0.1) is 0 Å². The molecule has 1 aliphatic rings. The number of aromatic nitrogens is 2. The number of carbonyl (C=O) groups is 3. The van der Waals surface area contributed by atoms with Crippen molar-refractivity contribution in [1.82, 2.24) is 14.5 Å². The Balaban J connectivity index is 1.60. The summed E-state index contributed by atoms with van der Waals surface area (Å²) >= 11 is 0. The quantitative estimate of drug-likeness (QED) is 0.805. The van der Waals surface area contributed by atoms with Crippen LogP contribution in [-0.2, 0) is 16.1 Å². The van der Waals surface area contributed by atoms with Gasteiger partial charge in [0, 0.05) is 49.7 Å². The van der Waals surface area contributed by atoms with Gasteiger partial charge in [0.15, 0.2) is 0 Å². The van der Waals surface area contributed by atoms with E-state index in [1.54, 1.807) is 47.9 Å². The third-order valence-corrected chi connectivity index (χ3v) is 4.77. The van der Waals surface area contributed by atoms with Gasteiger partial charge in [-0.3, -0.25) is 14.4 Å². The summed E-state index contributed by atoms with van der Waals surface area (Å²) in [7, 11) is 0. The zero-order valence-corrected chi connectivity index (χ0v) is 15.0. The molecule has 0 aliphatic carbocycles. The predicted octanol–water partition coefficient (Wildman–Crippen LogP) is 1.70. The molecule has 1 fully saturated rings. The number of hydrogen-bond donors (Lipinski definition) is 2. The third kappa shape index (κ3) is 4.52. The zero-order chi connectivity index (χ0) is 19.4. The van der Waals surface area contributed by atoms with Crippen LogP contribution in [0.5, 0.6) is 0 Å². The van der Waals surface area contributed by atoms with E-state index in [0.29, 0.717) is 30.8 Å². The molecular weight excluding hydrogens is 348 g/mol. The second-order valence-electron chi connectivity index (χ2n) is 6.81. The van der Waals surface area contributed by atoms with E-state index in [-0.39, 0.29) is 24.3 Å². The number of aryl methyl sites for hydroxylation is 1. The molecule has 0 saturated carbocycles. The molecule has 1 aliphatic heterocycles. The Morgan fingerprint density at radius 3 is 2.78 bits per heavy atom. The summed E-state index contributed by atoms with van der Waals surface area (Å²) in [6.45, 7) is 2.98. The molecule has 2 aromatic rings. The summed E-state index contributed by atoms with van der Waals surface area (Å²) in [6, 6.07) is 6.71. The van der Waals surface area contributed by atoms with Gasteiger partial charge in [-0.1, -0.05) is 13.0 Å². The van der Waals surface area contributed by atoms with Gasteiger partial charge in [0.05, 0.1) is 12.2 Å². The van der Waals surface area contributed by atoms with Crippen LogP contribution in [0.15, 0.2) is 43.0 Å². The minimum absolute atomic E-state index is 0.0856. The van der Waals surface area contributed by atoms with Crippen LogP contribution in [0.3, 0.4) is 0 Å². The first-order valence-corrected chi connectivity index (χ1v) is 8.82. The van der Waals surface area contributed by atoms with E-state index in [1.165, 1.54) is 0 Å². The van der Waals surface area contributed by atoms with Crippen molar-refractivity contribution >= 4 is 23.5 Å². The monoisotopic (exact) mass is 370 g/mol. The van der Waals surface area contributed by atoms with E-state index in [2.05, 4.69) is 10.3 Å². The first-order chi connectivity index (χ1) is 12.9. The number of rotatable bonds is 6. The van der Waals surface area contributed by atoms with Crippen LogP contribution in [0.2, 0.25) is 0 Å². The Labute approximate surface area is 156 Å². The molecular formula is C19H22N4O4. The van der Waals surface area contributed by atoms with Gasteiger partial charge in [0.2, 0.25) is 5.91 Å². The van der Waals surface area contributed by atoms with Crippen molar-refractivity contribution in [3.05, 3.63) is 48.5 Å². The van der Waals surface area contributed by atoms with Crippen LogP contribution in [0.1, 0.15) is 23.7 Å². The van der Waals surface area contributed by atoms with Crippen molar-refractivity contribution in [2.75, 3.05) is 18.4 Å². The Kier molecular flexibility index (Phi) is 5.54. The number of aliphatic carboxylic acids is 1. The fraction of sp³-hybridized carbons (Fsp3) is 0.368. The van der Waals surface area contributed by atoms with Crippen molar-refractivity contribution in [2.24, 2.45) is 11.8 Å². The number of anilines is 1.